The lowest BCUT2D eigenvalue weighted by Crippen LogP contribution is -2.63. The summed E-state index contributed by atoms with van der Waals surface area (Å²) in [6.07, 6.45) is 3.42. The fourth-order valence-electron chi connectivity index (χ4n) is 3.42. The summed E-state index contributed by atoms with van der Waals surface area (Å²) in [6, 6.07) is 0. The first-order valence-electron chi connectivity index (χ1n) is 7.22. The molecule has 18 heavy (non-hydrogen) atoms. The van der Waals surface area contributed by atoms with Gasteiger partial charge in [0.15, 0.2) is 0 Å². The first-order valence-corrected chi connectivity index (χ1v) is 8.27. The van der Waals surface area contributed by atoms with E-state index in [-0.39, 0.29) is 11.1 Å². The largest absolute Gasteiger partial charge is 0.375 e. The van der Waals surface area contributed by atoms with Gasteiger partial charge in [0.1, 0.15) is 0 Å². The van der Waals surface area contributed by atoms with Crippen LogP contribution in [-0.4, -0.2) is 53.3 Å². The molecule has 0 aliphatic carbocycles. The smallest absolute Gasteiger partial charge is 0.0644 e. The van der Waals surface area contributed by atoms with Crippen LogP contribution in [0.3, 0.4) is 0 Å². The van der Waals surface area contributed by atoms with Gasteiger partial charge in [-0.05, 0) is 33.1 Å². The van der Waals surface area contributed by atoms with Crippen molar-refractivity contribution in [1.82, 2.24) is 4.90 Å². The van der Waals surface area contributed by atoms with Gasteiger partial charge in [0.25, 0.3) is 0 Å². The molecule has 0 saturated carbocycles. The summed E-state index contributed by atoms with van der Waals surface area (Å²) >= 11 is 2.13. The summed E-state index contributed by atoms with van der Waals surface area (Å²) in [6.45, 7) is 10.7. The molecule has 2 aliphatic rings. The predicted octanol–water partition coefficient (Wildman–Crippen LogP) is 2.10. The van der Waals surface area contributed by atoms with Crippen LogP contribution in [0.15, 0.2) is 0 Å². The van der Waals surface area contributed by atoms with E-state index in [9.17, 15) is 0 Å². The predicted molar refractivity (Wildman–Crippen MR) is 79.2 cm³/mol. The van der Waals surface area contributed by atoms with E-state index in [1.165, 1.54) is 25.3 Å². The van der Waals surface area contributed by atoms with Gasteiger partial charge in [0, 0.05) is 42.8 Å². The Hall–Kier alpha value is 0.230. The number of hydrogen-bond donors (Lipinski definition) is 1. The third-order valence-corrected chi connectivity index (χ3v) is 5.83. The van der Waals surface area contributed by atoms with Gasteiger partial charge in [0.05, 0.1) is 5.60 Å². The molecule has 3 nitrogen and oxygen atoms in total. The van der Waals surface area contributed by atoms with Gasteiger partial charge in [0.2, 0.25) is 0 Å². The van der Waals surface area contributed by atoms with E-state index in [1.54, 1.807) is 0 Å². The molecule has 2 aliphatic heterocycles. The van der Waals surface area contributed by atoms with E-state index in [0.717, 1.165) is 31.2 Å². The molecule has 2 heterocycles. The average molecular weight is 272 g/mol. The zero-order chi connectivity index (χ0) is 13.2. The highest BCUT2D eigenvalue weighted by Crippen LogP contribution is 2.38. The normalized spacial score (nSPS) is 37.7. The summed E-state index contributed by atoms with van der Waals surface area (Å²) in [5.74, 6) is 1.25. The molecule has 0 amide bonds. The van der Waals surface area contributed by atoms with Crippen molar-refractivity contribution in [1.29, 1.82) is 0 Å². The quantitative estimate of drug-likeness (QED) is 0.854. The van der Waals surface area contributed by atoms with Crippen LogP contribution in [0.1, 0.15) is 40.0 Å². The Morgan fingerprint density at radius 3 is 2.83 bits per heavy atom. The van der Waals surface area contributed by atoms with E-state index in [0.29, 0.717) is 0 Å². The number of nitrogens with two attached hydrogens (primary N) is 1. The zero-order valence-electron chi connectivity index (χ0n) is 12.1. The van der Waals surface area contributed by atoms with Gasteiger partial charge in [-0.1, -0.05) is 6.92 Å². The van der Waals surface area contributed by atoms with Gasteiger partial charge in [-0.15, -0.1) is 0 Å². The lowest BCUT2D eigenvalue weighted by molar-refractivity contribution is -0.117. The summed E-state index contributed by atoms with van der Waals surface area (Å²) in [7, 11) is 0. The summed E-state index contributed by atoms with van der Waals surface area (Å²) in [5.41, 5.74) is 6.33. The van der Waals surface area contributed by atoms with Crippen molar-refractivity contribution in [3.8, 4) is 0 Å². The Labute approximate surface area is 116 Å². The Bertz CT molecular complexity index is 285. The maximum absolute atomic E-state index is 6.17. The highest BCUT2D eigenvalue weighted by atomic mass is 32.2. The van der Waals surface area contributed by atoms with Crippen molar-refractivity contribution >= 4 is 11.8 Å². The molecular formula is C14H28N2OS. The van der Waals surface area contributed by atoms with E-state index < -0.39 is 0 Å². The number of rotatable bonds is 3. The van der Waals surface area contributed by atoms with E-state index in [1.807, 2.05) is 0 Å². The van der Waals surface area contributed by atoms with Gasteiger partial charge in [-0.25, -0.2) is 0 Å². The Morgan fingerprint density at radius 1 is 1.44 bits per heavy atom. The van der Waals surface area contributed by atoms with Crippen LogP contribution >= 0.6 is 11.8 Å². The molecule has 4 heteroatoms. The third-order valence-electron chi connectivity index (χ3n) is 4.46. The lowest BCUT2D eigenvalue weighted by Gasteiger charge is -2.52. The fraction of sp³-hybridized carbons (Fsp3) is 1.00. The number of hydrogen-bond acceptors (Lipinski definition) is 4. The molecule has 106 valence electrons. The van der Waals surface area contributed by atoms with Crippen LogP contribution in [0.25, 0.3) is 0 Å². The van der Waals surface area contributed by atoms with E-state index in [2.05, 4.69) is 37.4 Å². The molecule has 0 bridgehead atoms. The number of thioether (sulfide) groups is 1. The average Bonchev–Trinajstić information content (AvgIpc) is 2.37. The monoisotopic (exact) mass is 272 g/mol. The third kappa shape index (κ3) is 3.03. The van der Waals surface area contributed by atoms with Crippen molar-refractivity contribution in [2.75, 3.05) is 32.0 Å². The molecule has 0 aromatic rings. The van der Waals surface area contributed by atoms with Gasteiger partial charge >= 0.3 is 0 Å². The highest BCUT2D eigenvalue weighted by Gasteiger charge is 2.45. The van der Waals surface area contributed by atoms with E-state index in [4.69, 9.17) is 10.5 Å². The molecule has 2 unspecified atom stereocenters. The van der Waals surface area contributed by atoms with Crippen LogP contribution in [0, 0.1) is 0 Å². The molecular weight excluding hydrogens is 244 g/mol. The minimum absolute atomic E-state index is 0.0239. The molecule has 0 radical (unpaired) electrons. The Morgan fingerprint density at radius 2 is 2.22 bits per heavy atom. The molecule has 0 aromatic carbocycles. The standard InChI is InChI=1S/C14H28N2OS/c1-4-12-9-16(6-8-18-12)14(11-15)5-7-17-13(2,3)10-14/h12H,4-11,15H2,1-3H3. The maximum atomic E-state index is 6.17. The second-order valence-corrected chi connectivity index (χ2v) is 7.72. The van der Waals surface area contributed by atoms with Gasteiger partial charge in [-0.3, -0.25) is 4.90 Å². The van der Waals surface area contributed by atoms with Crippen molar-refractivity contribution in [3.05, 3.63) is 0 Å². The van der Waals surface area contributed by atoms with Crippen molar-refractivity contribution in [2.45, 2.75) is 56.4 Å². The molecule has 2 N–H and O–H groups in total. The Kier molecular flexibility index (Phi) is 4.63. The molecule has 2 rings (SSSR count). The molecule has 2 fully saturated rings. The highest BCUT2D eigenvalue weighted by molar-refractivity contribution is 8.00. The van der Waals surface area contributed by atoms with Crippen molar-refractivity contribution in [3.63, 3.8) is 0 Å². The van der Waals surface area contributed by atoms with Crippen molar-refractivity contribution < 1.29 is 4.74 Å². The van der Waals surface area contributed by atoms with Gasteiger partial charge < -0.3 is 10.5 Å². The second kappa shape index (κ2) is 5.70. The maximum Gasteiger partial charge on any atom is 0.0644 e. The van der Waals surface area contributed by atoms with Crippen LogP contribution in [0.5, 0.6) is 0 Å². The first kappa shape index (κ1) is 14.6. The van der Waals surface area contributed by atoms with Crippen LogP contribution in [0.2, 0.25) is 0 Å². The number of ether oxygens (including phenoxy) is 1. The SMILES string of the molecule is CCC1CN(C2(CN)CCOC(C)(C)C2)CCS1. The lowest BCUT2D eigenvalue weighted by atomic mass is 9.79. The van der Waals surface area contributed by atoms with E-state index >= 15 is 0 Å². The topological polar surface area (TPSA) is 38.5 Å². The number of nitrogens with zero attached hydrogens (tertiary/aromatic N) is 1. The van der Waals surface area contributed by atoms with Gasteiger partial charge in [-0.2, -0.15) is 11.8 Å². The van der Waals surface area contributed by atoms with Crippen LogP contribution in [-0.2, 0) is 4.74 Å². The molecule has 0 spiro atoms. The summed E-state index contributed by atoms with van der Waals surface area (Å²) in [4.78, 5) is 2.67. The molecule has 2 atom stereocenters. The molecule has 0 aromatic heterocycles. The second-order valence-electron chi connectivity index (χ2n) is 6.31. The summed E-state index contributed by atoms with van der Waals surface area (Å²) < 4.78 is 5.88. The molecule has 2 saturated heterocycles. The summed E-state index contributed by atoms with van der Waals surface area (Å²) in [5, 5.41) is 0.785. The minimum Gasteiger partial charge on any atom is -0.375 e. The van der Waals surface area contributed by atoms with Crippen LogP contribution in [0.4, 0.5) is 0 Å². The van der Waals surface area contributed by atoms with Crippen LogP contribution < -0.4 is 5.73 Å². The van der Waals surface area contributed by atoms with Crippen molar-refractivity contribution in [2.24, 2.45) is 5.73 Å². The minimum atomic E-state index is -0.0239. The Balaban J connectivity index is 2.11. The zero-order valence-corrected chi connectivity index (χ0v) is 12.9. The fourth-order valence-corrected chi connectivity index (χ4v) is 4.60. The first-order chi connectivity index (χ1) is 8.51.